The van der Waals surface area contributed by atoms with Gasteiger partial charge in [-0.3, -0.25) is 9.36 Å². The Hall–Kier alpha value is -5.72. The SMILES string of the molecule is COc1ccc(C(OC[C@H]2O[C@@H](n3ccc(NC(=O)c4ccccc4)nc3=O)C[C@@H]2OP2O[C@@H](c3ccccc3)CN2C)(c2ccccc2)c2ccc(OC)cc2)cc1. The highest BCUT2D eigenvalue weighted by Gasteiger charge is 2.46. The van der Waals surface area contributed by atoms with Gasteiger partial charge in [0.05, 0.1) is 26.9 Å². The number of methoxy groups -OCH3 is 2. The van der Waals surface area contributed by atoms with Gasteiger partial charge in [0.25, 0.3) is 14.4 Å². The van der Waals surface area contributed by atoms with Gasteiger partial charge in [0.2, 0.25) is 0 Å². The molecule has 0 bridgehead atoms. The average Bonchev–Trinajstić information content (AvgIpc) is 3.87. The number of hydrogen-bond acceptors (Lipinski definition) is 10. The molecule has 302 valence electrons. The van der Waals surface area contributed by atoms with Gasteiger partial charge in [-0.15, -0.1) is 0 Å². The molecular formula is C46H45N4O8P. The van der Waals surface area contributed by atoms with Crippen LogP contribution in [0.25, 0.3) is 0 Å². The zero-order chi connectivity index (χ0) is 40.8. The number of likely N-dealkylation sites (N-methyl/N-ethyl adjacent to an activating group) is 1. The Morgan fingerprint density at radius 1 is 0.797 bits per heavy atom. The summed E-state index contributed by atoms with van der Waals surface area (Å²) in [6, 6.07) is 46.1. The quantitative estimate of drug-likeness (QED) is 0.0853. The van der Waals surface area contributed by atoms with Crippen LogP contribution in [0.15, 0.2) is 157 Å². The summed E-state index contributed by atoms with van der Waals surface area (Å²) in [7, 11) is 3.76. The molecule has 3 heterocycles. The molecule has 2 saturated heterocycles. The maximum Gasteiger partial charge on any atom is 0.351 e. The van der Waals surface area contributed by atoms with Crippen molar-refractivity contribution in [2.45, 2.75) is 36.6 Å². The third-order valence-corrected chi connectivity index (χ3v) is 12.2. The van der Waals surface area contributed by atoms with E-state index >= 15 is 0 Å². The number of rotatable bonds is 14. The molecule has 0 spiro atoms. The normalized spacial score (nSPS) is 20.6. The molecule has 8 rings (SSSR count). The van der Waals surface area contributed by atoms with E-state index in [0.29, 0.717) is 30.0 Å². The van der Waals surface area contributed by atoms with Gasteiger partial charge < -0.3 is 33.3 Å². The summed E-state index contributed by atoms with van der Waals surface area (Å²) in [5.74, 6) is 1.18. The van der Waals surface area contributed by atoms with Crippen molar-refractivity contribution in [3.63, 3.8) is 0 Å². The lowest BCUT2D eigenvalue weighted by molar-refractivity contribution is -0.0919. The summed E-state index contributed by atoms with van der Waals surface area (Å²) in [5, 5.41) is 2.72. The van der Waals surface area contributed by atoms with Crippen molar-refractivity contribution < 1.29 is 32.8 Å². The lowest BCUT2D eigenvalue weighted by atomic mass is 9.80. The molecule has 12 nitrogen and oxygen atoms in total. The molecule has 0 aliphatic carbocycles. The zero-order valence-corrected chi connectivity index (χ0v) is 33.8. The summed E-state index contributed by atoms with van der Waals surface area (Å²) in [6.45, 7) is 0.718. The fourth-order valence-corrected chi connectivity index (χ4v) is 8.99. The van der Waals surface area contributed by atoms with Crippen LogP contribution in [-0.4, -0.2) is 66.8 Å². The van der Waals surface area contributed by atoms with Gasteiger partial charge in [0, 0.05) is 24.7 Å². The Morgan fingerprint density at radius 3 is 1.97 bits per heavy atom. The highest BCUT2D eigenvalue weighted by Crippen LogP contribution is 2.55. The van der Waals surface area contributed by atoms with Crippen LogP contribution in [0.5, 0.6) is 11.5 Å². The van der Waals surface area contributed by atoms with Crippen molar-refractivity contribution in [2.24, 2.45) is 0 Å². The average molecular weight is 813 g/mol. The summed E-state index contributed by atoms with van der Waals surface area (Å²) >= 11 is 0. The van der Waals surface area contributed by atoms with Gasteiger partial charge >= 0.3 is 5.69 Å². The number of nitrogens with one attached hydrogen (secondary N) is 1. The van der Waals surface area contributed by atoms with Crippen LogP contribution in [0.1, 0.15) is 51.4 Å². The van der Waals surface area contributed by atoms with Crippen LogP contribution in [0.4, 0.5) is 5.82 Å². The number of ether oxygens (including phenoxy) is 4. The Bertz CT molecular complexity index is 2320. The van der Waals surface area contributed by atoms with Crippen LogP contribution in [0.2, 0.25) is 0 Å². The van der Waals surface area contributed by atoms with Crippen molar-refractivity contribution >= 4 is 20.3 Å². The molecule has 2 fully saturated rings. The number of carbonyl (C=O) groups excluding carboxylic acids is 1. The van der Waals surface area contributed by atoms with E-state index in [9.17, 15) is 9.59 Å². The number of amides is 1. The van der Waals surface area contributed by atoms with Gasteiger partial charge in [-0.05, 0) is 71.8 Å². The van der Waals surface area contributed by atoms with E-state index in [1.165, 1.54) is 4.57 Å². The second-order valence-electron chi connectivity index (χ2n) is 14.2. The second kappa shape index (κ2) is 18.0. The Labute approximate surface area is 344 Å². The highest BCUT2D eigenvalue weighted by molar-refractivity contribution is 7.44. The summed E-state index contributed by atoms with van der Waals surface area (Å²) < 4.78 is 42.0. The predicted molar refractivity (Wildman–Crippen MR) is 224 cm³/mol. The molecule has 2 aliphatic heterocycles. The minimum Gasteiger partial charge on any atom is -0.497 e. The topological polar surface area (TPSA) is 123 Å². The number of hydrogen-bond donors (Lipinski definition) is 1. The summed E-state index contributed by atoms with van der Waals surface area (Å²) in [6.07, 6.45) is -0.235. The first-order valence-electron chi connectivity index (χ1n) is 19.3. The largest absolute Gasteiger partial charge is 0.497 e. The molecule has 1 amide bonds. The van der Waals surface area contributed by atoms with Gasteiger partial charge in [0.15, 0.2) is 0 Å². The number of anilines is 1. The Balaban J connectivity index is 1.12. The molecule has 1 aromatic heterocycles. The standard InChI is InChI=1S/C46H45N4O8P/c1-49-30-40(32-13-7-4-8-14-32)58-59(49)57-39-29-43(50-28-27-42(48-45(50)52)47-44(51)33-15-9-5-10-16-33)56-41(39)31-55-46(34-17-11-6-12-18-34,35-19-23-37(53-2)24-20-35)36-21-25-38(54-3)26-22-36/h4-28,39-41,43H,29-31H2,1-3H3,(H,47,48,51,52)/t39-,40+,41+,43+,59?/m0/s1. The number of carbonyl (C=O) groups is 1. The fraction of sp³-hybridized carbons (Fsp3) is 0.239. The van der Waals surface area contributed by atoms with Crippen LogP contribution in [0.3, 0.4) is 0 Å². The lowest BCUT2D eigenvalue weighted by Gasteiger charge is -2.37. The third-order valence-electron chi connectivity index (χ3n) is 10.6. The molecule has 1 unspecified atom stereocenters. The Morgan fingerprint density at radius 2 is 1.37 bits per heavy atom. The lowest BCUT2D eigenvalue weighted by Crippen LogP contribution is -2.38. The number of nitrogens with zero attached hydrogens (tertiary/aromatic N) is 3. The van der Waals surface area contributed by atoms with Gasteiger partial charge in [-0.25, -0.2) is 9.46 Å². The van der Waals surface area contributed by atoms with Gasteiger partial charge in [-0.1, -0.05) is 103 Å². The molecule has 0 saturated carbocycles. The van der Waals surface area contributed by atoms with E-state index in [2.05, 4.69) is 27.1 Å². The van der Waals surface area contributed by atoms with Crippen molar-refractivity contribution in [1.82, 2.24) is 14.2 Å². The predicted octanol–water partition coefficient (Wildman–Crippen LogP) is 8.12. The summed E-state index contributed by atoms with van der Waals surface area (Å²) in [4.78, 5) is 30.7. The van der Waals surface area contributed by atoms with E-state index in [4.69, 9.17) is 28.0 Å². The molecule has 0 radical (unpaired) electrons. The highest BCUT2D eigenvalue weighted by atomic mass is 31.2. The third kappa shape index (κ3) is 8.70. The molecule has 59 heavy (non-hydrogen) atoms. The smallest absolute Gasteiger partial charge is 0.351 e. The van der Waals surface area contributed by atoms with Gasteiger partial charge in [-0.2, -0.15) is 4.98 Å². The van der Waals surface area contributed by atoms with E-state index in [1.807, 2.05) is 110 Å². The minimum absolute atomic E-state index is 0.0660. The van der Waals surface area contributed by atoms with Crippen molar-refractivity contribution in [2.75, 3.05) is 39.7 Å². The van der Waals surface area contributed by atoms with E-state index in [-0.39, 0.29) is 24.4 Å². The van der Waals surface area contributed by atoms with Crippen LogP contribution >= 0.6 is 8.53 Å². The van der Waals surface area contributed by atoms with Crippen LogP contribution in [-0.2, 0) is 24.1 Å². The molecule has 13 heteroatoms. The first-order chi connectivity index (χ1) is 28.8. The van der Waals surface area contributed by atoms with Crippen molar-refractivity contribution in [3.05, 3.63) is 190 Å². The molecule has 5 atom stereocenters. The minimum atomic E-state index is -1.50. The number of aromatic nitrogens is 2. The maximum absolute atomic E-state index is 13.6. The van der Waals surface area contributed by atoms with E-state index in [1.54, 1.807) is 50.7 Å². The molecule has 1 N–H and O–H groups in total. The maximum atomic E-state index is 13.6. The molecule has 6 aromatic rings. The van der Waals surface area contributed by atoms with Crippen LogP contribution < -0.4 is 20.5 Å². The molecule has 5 aromatic carbocycles. The second-order valence-corrected chi connectivity index (χ2v) is 15.8. The first-order valence-corrected chi connectivity index (χ1v) is 20.5. The molecule has 2 aliphatic rings. The first kappa shape index (κ1) is 40.1. The Kier molecular flexibility index (Phi) is 12.3. The zero-order valence-electron chi connectivity index (χ0n) is 32.9. The van der Waals surface area contributed by atoms with E-state index < -0.39 is 38.3 Å². The van der Waals surface area contributed by atoms with Crippen LogP contribution in [0, 0.1) is 0 Å². The van der Waals surface area contributed by atoms with E-state index in [0.717, 1.165) is 22.3 Å². The monoisotopic (exact) mass is 812 g/mol. The van der Waals surface area contributed by atoms with Crippen molar-refractivity contribution in [3.8, 4) is 11.5 Å². The van der Waals surface area contributed by atoms with Gasteiger partial charge in [0.1, 0.15) is 41.4 Å². The summed E-state index contributed by atoms with van der Waals surface area (Å²) in [5.41, 5.74) is 2.44. The molecular weight excluding hydrogens is 767 g/mol. The van der Waals surface area contributed by atoms with Crippen molar-refractivity contribution in [1.29, 1.82) is 0 Å². The number of benzene rings is 5. The fourth-order valence-electron chi connectivity index (χ4n) is 7.48.